The van der Waals surface area contributed by atoms with Crippen LogP contribution in [0.5, 0.6) is 0 Å². The van der Waals surface area contributed by atoms with Gasteiger partial charge in [0.1, 0.15) is 0 Å². The zero-order valence-electron chi connectivity index (χ0n) is 14.0. The predicted octanol–water partition coefficient (Wildman–Crippen LogP) is 3.23. The summed E-state index contributed by atoms with van der Waals surface area (Å²) in [7, 11) is 0. The highest BCUT2D eigenvalue weighted by Gasteiger charge is 2.69. The van der Waals surface area contributed by atoms with Crippen LogP contribution in [-0.4, -0.2) is 30.6 Å². The zero-order chi connectivity index (χ0) is 15.5. The third kappa shape index (κ3) is 1.96. The lowest BCUT2D eigenvalue weighted by molar-refractivity contribution is -0.577. The SMILES string of the molecule is CCO[C@H]1O[C@@H]2O[C@]3(C)CC[C@H]4[C@H](C)CC[C@@H]([C@H]1C)C24OO3. The van der Waals surface area contributed by atoms with Crippen LogP contribution in [0.15, 0.2) is 0 Å². The minimum atomic E-state index is -0.700. The molecule has 4 aliphatic heterocycles. The summed E-state index contributed by atoms with van der Waals surface area (Å²) in [5.74, 6) is 0.957. The first-order valence-corrected chi connectivity index (χ1v) is 8.82. The van der Waals surface area contributed by atoms with Crippen molar-refractivity contribution in [3.63, 3.8) is 0 Å². The summed E-state index contributed by atoms with van der Waals surface area (Å²) < 4.78 is 18.3. The molecule has 0 radical (unpaired) electrons. The average Bonchev–Trinajstić information content (AvgIpc) is 2.71. The van der Waals surface area contributed by atoms with E-state index >= 15 is 0 Å². The molecule has 5 rings (SSSR count). The second-order valence-corrected chi connectivity index (χ2v) is 7.73. The summed E-state index contributed by atoms with van der Waals surface area (Å²) in [5, 5.41) is 0. The van der Waals surface area contributed by atoms with E-state index in [4.69, 9.17) is 24.0 Å². The normalized spacial score (nSPS) is 57.3. The van der Waals surface area contributed by atoms with Crippen LogP contribution in [-0.2, 0) is 24.0 Å². The Labute approximate surface area is 132 Å². The summed E-state index contributed by atoms with van der Waals surface area (Å²) in [4.78, 5) is 11.9. The molecular formula is C17H28O5. The number of hydrogen-bond acceptors (Lipinski definition) is 5. The van der Waals surface area contributed by atoms with Crippen molar-refractivity contribution in [1.82, 2.24) is 0 Å². The number of rotatable bonds is 2. The van der Waals surface area contributed by atoms with Crippen LogP contribution >= 0.6 is 0 Å². The predicted molar refractivity (Wildman–Crippen MR) is 78.5 cm³/mol. The van der Waals surface area contributed by atoms with E-state index in [1.54, 1.807) is 0 Å². The molecule has 4 heterocycles. The van der Waals surface area contributed by atoms with Gasteiger partial charge in [-0.25, -0.2) is 9.78 Å². The van der Waals surface area contributed by atoms with Crippen molar-refractivity contribution in [1.29, 1.82) is 0 Å². The Balaban J connectivity index is 1.75. The van der Waals surface area contributed by atoms with Crippen molar-refractivity contribution in [2.45, 2.75) is 77.3 Å². The van der Waals surface area contributed by atoms with E-state index in [0.717, 1.165) is 19.3 Å². The molecule has 5 heteroatoms. The fraction of sp³-hybridized carbons (Fsp3) is 1.00. The van der Waals surface area contributed by atoms with Crippen LogP contribution < -0.4 is 0 Å². The van der Waals surface area contributed by atoms with Gasteiger partial charge in [0.25, 0.3) is 0 Å². The minimum Gasteiger partial charge on any atom is -0.353 e. The molecule has 126 valence electrons. The zero-order valence-corrected chi connectivity index (χ0v) is 14.0. The van der Waals surface area contributed by atoms with Gasteiger partial charge in [-0.05, 0) is 44.9 Å². The molecule has 0 N–H and O–H groups in total. The molecule has 5 nitrogen and oxygen atoms in total. The molecule has 22 heavy (non-hydrogen) atoms. The van der Waals surface area contributed by atoms with E-state index < -0.39 is 11.4 Å². The molecule has 5 aliphatic rings. The number of hydrogen-bond donors (Lipinski definition) is 0. The molecule has 0 aromatic carbocycles. The van der Waals surface area contributed by atoms with Crippen LogP contribution in [0.2, 0.25) is 0 Å². The molecule has 8 atom stereocenters. The summed E-state index contributed by atoms with van der Waals surface area (Å²) >= 11 is 0. The molecule has 0 aromatic rings. The summed E-state index contributed by atoms with van der Waals surface area (Å²) in [6, 6.07) is 0. The molecule has 1 spiro atoms. The second-order valence-electron chi connectivity index (χ2n) is 7.73. The van der Waals surface area contributed by atoms with E-state index in [0.29, 0.717) is 24.4 Å². The minimum absolute atomic E-state index is 0.216. The van der Waals surface area contributed by atoms with Gasteiger partial charge in [0.05, 0.1) is 0 Å². The maximum Gasteiger partial charge on any atom is 0.201 e. The van der Waals surface area contributed by atoms with Gasteiger partial charge in [-0.3, -0.25) is 0 Å². The van der Waals surface area contributed by atoms with Crippen LogP contribution in [0, 0.1) is 23.7 Å². The van der Waals surface area contributed by atoms with Gasteiger partial charge in [-0.1, -0.05) is 13.8 Å². The fourth-order valence-corrected chi connectivity index (χ4v) is 5.23. The van der Waals surface area contributed by atoms with Crippen molar-refractivity contribution in [3.8, 4) is 0 Å². The van der Waals surface area contributed by atoms with E-state index in [9.17, 15) is 0 Å². The molecule has 4 saturated heterocycles. The Morgan fingerprint density at radius 2 is 1.91 bits per heavy atom. The van der Waals surface area contributed by atoms with E-state index in [-0.39, 0.29) is 18.5 Å². The largest absolute Gasteiger partial charge is 0.353 e. The highest BCUT2D eigenvalue weighted by atomic mass is 17.3. The molecule has 0 aromatic heterocycles. The summed E-state index contributed by atoms with van der Waals surface area (Å²) in [6.07, 6.45) is 3.66. The lowest BCUT2D eigenvalue weighted by Crippen LogP contribution is -2.70. The molecular weight excluding hydrogens is 284 g/mol. The molecule has 1 saturated carbocycles. The van der Waals surface area contributed by atoms with Gasteiger partial charge < -0.3 is 14.2 Å². The van der Waals surface area contributed by atoms with Crippen molar-refractivity contribution in [2.75, 3.05) is 6.61 Å². The molecule has 2 bridgehead atoms. The van der Waals surface area contributed by atoms with Crippen LogP contribution in [0.25, 0.3) is 0 Å². The van der Waals surface area contributed by atoms with Gasteiger partial charge in [0.2, 0.25) is 5.79 Å². The smallest absolute Gasteiger partial charge is 0.201 e. The Morgan fingerprint density at radius 3 is 2.68 bits per heavy atom. The van der Waals surface area contributed by atoms with Crippen LogP contribution in [0.1, 0.15) is 53.4 Å². The fourth-order valence-electron chi connectivity index (χ4n) is 5.23. The average molecular weight is 312 g/mol. The van der Waals surface area contributed by atoms with Crippen molar-refractivity contribution < 1.29 is 24.0 Å². The van der Waals surface area contributed by atoms with Gasteiger partial charge >= 0.3 is 0 Å². The maximum absolute atomic E-state index is 6.25. The molecule has 1 unspecified atom stereocenters. The highest BCUT2D eigenvalue weighted by Crippen LogP contribution is 2.60. The lowest BCUT2D eigenvalue weighted by atomic mass is 9.58. The van der Waals surface area contributed by atoms with Gasteiger partial charge in [0, 0.05) is 24.9 Å². The number of fused-ring (bicyclic) bond motifs is 2. The van der Waals surface area contributed by atoms with Crippen LogP contribution in [0.3, 0.4) is 0 Å². The summed E-state index contributed by atoms with van der Waals surface area (Å²) in [6.45, 7) is 9.15. The van der Waals surface area contributed by atoms with Gasteiger partial charge in [0.15, 0.2) is 18.2 Å². The number of ether oxygens (including phenoxy) is 3. The molecule has 0 amide bonds. The quantitative estimate of drug-likeness (QED) is 0.733. The first kappa shape index (κ1) is 15.3. The van der Waals surface area contributed by atoms with Crippen LogP contribution in [0.4, 0.5) is 0 Å². The van der Waals surface area contributed by atoms with E-state index in [2.05, 4.69) is 13.8 Å². The van der Waals surface area contributed by atoms with Gasteiger partial charge in [-0.15, -0.1) is 0 Å². The van der Waals surface area contributed by atoms with Crippen molar-refractivity contribution >= 4 is 0 Å². The van der Waals surface area contributed by atoms with Crippen molar-refractivity contribution in [2.24, 2.45) is 23.7 Å². The first-order valence-electron chi connectivity index (χ1n) is 8.82. The van der Waals surface area contributed by atoms with Gasteiger partial charge in [-0.2, -0.15) is 0 Å². The van der Waals surface area contributed by atoms with Crippen molar-refractivity contribution in [3.05, 3.63) is 0 Å². The highest BCUT2D eigenvalue weighted by molar-refractivity contribution is 5.09. The van der Waals surface area contributed by atoms with E-state index in [1.807, 2.05) is 13.8 Å². The monoisotopic (exact) mass is 312 g/mol. The molecule has 1 aliphatic carbocycles. The first-order chi connectivity index (χ1) is 10.5. The third-order valence-corrected chi connectivity index (χ3v) is 6.43. The Kier molecular flexibility index (Phi) is 3.59. The third-order valence-electron chi connectivity index (χ3n) is 6.43. The topological polar surface area (TPSA) is 46.2 Å². The molecule has 5 fully saturated rings. The lowest BCUT2D eigenvalue weighted by Gasteiger charge is -2.60. The Bertz CT molecular complexity index is 443. The van der Waals surface area contributed by atoms with E-state index in [1.165, 1.54) is 6.42 Å². The summed E-state index contributed by atoms with van der Waals surface area (Å²) in [5.41, 5.74) is -0.472. The maximum atomic E-state index is 6.25. The Morgan fingerprint density at radius 1 is 1.09 bits per heavy atom. The Hall–Kier alpha value is -0.200. The standard InChI is InChI=1S/C17H28O5/c1-5-18-14-11(3)13-7-6-10(2)12-8-9-16(4)20-15(19-14)17(12,13)22-21-16/h10-15H,5-9H2,1-4H3/t10-,11-,12+,13+,14+,15-,16+,17?/m1/s1. The second kappa shape index (κ2) is 5.15.